The predicted molar refractivity (Wildman–Crippen MR) is 111 cm³/mol. The number of nitrogen functional groups attached to an aromatic ring is 1. The lowest BCUT2D eigenvalue weighted by molar-refractivity contribution is 0.0526. The van der Waals surface area contributed by atoms with E-state index >= 15 is 0 Å². The van der Waals surface area contributed by atoms with Crippen molar-refractivity contribution < 1.29 is 14.3 Å². The van der Waals surface area contributed by atoms with E-state index in [1.165, 1.54) is 0 Å². The second kappa shape index (κ2) is 7.25. The molecule has 3 aromatic rings. The highest BCUT2D eigenvalue weighted by Crippen LogP contribution is 2.42. The van der Waals surface area contributed by atoms with Crippen LogP contribution in [0.1, 0.15) is 52.7 Å². The van der Waals surface area contributed by atoms with Gasteiger partial charge in [0, 0.05) is 17.4 Å². The molecule has 0 unspecified atom stereocenters. The molecular formula is C21H22N6O3. The molecule has 2 heterocycles. The van der Waals surface area contributed by atoms with Crippen molar-refractivity contribution in [2.45, 2.75) is 32.6 Å². The maximum atomic E-state index is 13.0. The summed E-state index contributed by atoms with van der Waals surface area (Å²) in [4.78, 5) is 33.2. The van der Waals surface area contributed by atoms with Gasteiger partial charge in [-0.05, 0) is 48.6 Å². The number of rotatable bonds is 4. The summed E-state index contributed by atoms with van der Waals surface area (Å²) in [6, 6.07) is 6.52. The minimum atomic E-state index is -0.403. The van der Waals surface area contributed by atoms with Gasteiger partial charge in [0.05, 0.1) is 17.9 Å². The average molecular weight is 406 g/mol. The van der Waals surface area contributed by atoms with Gasteiger partial charge in [-0.15, -0.1) is 0 Å². The number of carbonyl (C=O) groups is 2. The Hall–Kier alpha value is -3.75. The van der Waals surface area contributed by atoms with E-state index in [0.29, 0.717) is 41.4 Å². The number of hydrogen-bond donors (Lipinski definition) is 3. The molecule has 9 nitrogen and oxygen atoms in total. The normalized spacial score (nSPS) is 13.8. The maximum Gasteiger partial charge on any atom is 0.338 e. The highest BCUT2D eigenvalue weighted by atomic mass is 16.5. The van der Waals surface area contributed by atoms with Crippen molar-refractivity contribution in [3.63, 3.8) is 0 Å². The number of H-pyrrole nitrogens is 1. The Morgan fingerprint density at radius 2 is 1.97 bits per heavy atom. The smallest absolute Gasteiger partial charge is 0.338 e. The third-order valence-corrected chi connectivity index (χ3v) is 5.06. The Morgan fingerprint density at radius 3 is 2.67 bits per heavy atom. The van der Waals surface area contributed by atoms with Crippen LogP contribution in [0.15, 0.2) is 30.5 Å². The molecule has 1 amide bonds. The van der Waals surface area contributed by atoms with E-state index in [4.69, 9.17) is 10.5 Å². The van der Waals surface area contributed by atoms with Gasteiger partial charge in [0.2, 0.25) is 5.95 Å². The Labute approximate surface area is 173 Å². The van der Waals surface area contributed by atoms with Crippen LogP contribution in [-0.2, 0) is 16.6 Å². The number of anilines is 2. The highest BCUT2D eigenvalue weighted by Gasteiger charge is 2.38. The zero-order valence-electron chi connectivity index (χ0n) is 16.9. The van der Waals surface area contributed by atoms with Gasteiger partial charge in [-0.3, -0.25) is 9.89 Å². The molecule has 4 rings (SSSR count). The summed E-state index contributed by atoms with van der Waals surface area (Å²) in [7, 11) is 0. The first-order valence-electron chi connectivity index (χ1n) is 9.59. The van der Waals surface area contributed by atoms with Gasteiger partial charge in [0.15, 0.2) is 0 Å². The number of nitrogens with zero attached hydrogens (tertiary/aromatic N) is 3. The first-order valence-corrected chi connectivity index (χ1v) is 9.59. The van der Waals surface area contributed by atoms with Crippen LogP contribution >= 0.6 is 0 Å². The molecule has 0 aliphatic heterocycles. The van der Waals surface area contributed by atoms with Gasteiger partial charge in [-0.25, -0.2) is 14.8 Å². The lowest BCUT2D eigenvalue weighted by atomic mass is 9.73. The fourth-order valence-electron chi connectivity index (χ4n) is 3.75. The van der Waals surface area contributed by atoms with Crippen LogP contribution in [0.3, 0.4) is 0 Å². The minimum absolute atomic E-state index is 0.162. The average Bonchev–Trinajstić information content (AvgIpc) is 3.16. The van der Waals surface area contributed by atoms with Gasteiger partial charge < -0.3 is 15.8 Å². The maximum absolute atomic E-state index is 13.0. The van der Waals surface area contributed by atoms with Crippen molar-refractivity contribution in [1.29, 1.82) is 0 Å². The molecular weight excluding hydrogens is 384 g/mol. The molecule has 0 saturated carbocycles. The summed E-state index contributed by atoms with van der Waals surface area (Å²) in [5.41, 5.74) is 9.72. The first kappa shape index (κ1) is 19.6. The predicted octanol–water partition coefficient (Wildman–Crippen LogP) is 2.71. The number of amides is 1. The number of ether oxygens (including phenoxy) is 1. The molecule has 30 heavy (non-hydrogen) atoms. The van der Waals surface area contributed by atoms with Crippen LogP contribution in [0.4, 0.5) is 11.6 Å². The summed E-state index contributed by atoms with van der Waals surface area (Å²) in [5.74, 6) is -0.569. The van der Waals surface area contributed by atoms with Crippen LogP contribution in [0.5, 0.6) is 0 Å². The van der Waals surface area contributed by atoms with Crippen molar-refractivity contribution in [1.82, 2.24) is 20.2 Å². The van der Waals surface area contributed by atoms with Crippen LogP contribution in [0, 0.1) is 0 Å². The second-order valence-corrected chi connectivity index (χ2v) is 7.74. The molecule has 0 radical (unpaired) electrons. The number of benzene rings is 1. The van der Waals surface area contributed by atoms with E-state index in [-0.39, 0.29) is 17.3 Å². The molecule has 0 atom stereocenters. The monoisotopic (exact) mass is 406 g/mol. The molecule has 1 aliphatic rings. The summed E-state index contributed by atoms with van der Waals surface area (Å²) in [6.45, 7) is 6.15. The zero-order chi connectivity index (χ0) is 21.5. The lowest BCUT2D eigenvalue weighted by Crippen LogP contribution is -2.29. The zero-order valence-corrected chi connectivity index (χ0v) is 16.9. The molecule has 0 fully saturated rings. The summed E-state index contributed by atoms with van der Waals surface area (Å²) >= 11 is 0. The second-order valence-electron chi connectivity index (χ2n) is 7.74. The number of hydrogen-bond acceptors (Lipinski definition) is 7. The van der Waals surface area contributed by atoms with E-state index in [2.05, 4.69) is 25.5 Å². The number of fused-ring (bicyclic) bond motifs is 3. The fourth-order valence-corrected chi connectivity index (χ4v) is 3.75. The summed E-state index contributed by atoms with van der Waals surface area (Å²) in [6.07, 6.45) is 2.37. The fraction of sp³-hybridized carbons (Fsp3) is 0.286. The third kappa shape index (κ3) is 3.38. The standard InChI is InChI=1S/C21H22N6O3/c1-4-30-19(29)11-5-7-13(8-6-11)24-18(28)17-14-16(26-27-17)15-12(9-21(14,2)3)10-23-20(22)25-15/h5-8,10H,4,9H2,1-3H3,(H,24,28)(H,26,27)(H2,22,23,25). The van der Waals surface area contributed by atoms with Crippen molar-refractivity contribution in [3.05, 3.63) is 52.8 Å². The number of nitrogens with one attached hydrogen (secondary N) is 2. The topological polar surface area (TPSA) is 136 Å². The van der Waals surface area contributed by atoms with Crippen LogP contribution in [0.25, 0.3) is 11.4 Å². The molecule has 154 valence electrons. The van der Waals surface area contributed by atoms with Gasteiger partial charge in [-0.1, -0.05) is 13.8 Å². The molecule has 2 aromatic heterocycles. The Balaban J connectivity index is 1.63. The van der Waals surface area contributed by atoms with Crippen LogP contribution in [0.2, 0.25) is 0 Å². The Morgan fingerprint density at radius 1 is 1.23 bits per heavy atom. The first-order chi connectivity index (χ1) is 14.3. The van der Waals surface area contributed by atoms with Gasteiger partial charge >= 0.3 is 5.97 Å². The molecule has 0 saturated heterocycles. The Bertz CT molecular complexity index is 1130. The highest BCUT2D eigenvalue weighted by molar-refractivity contribution is 6.05. The van der Waals surface area contributed by atoms with E-state index in [0.717, 1.165) is 11.1 Å². The van der Waals surface area contributed by atoms with Crippen molar-refractivity contribution >= 4 is 23.5 Å². The van der Waals surface area contributed by atoms with Gasteiger partial charge in [-0.2, -0.15) is 5.10 Å². The van der Waals surface area contributed by atoms with Crippen LogP contribution < -0.4 is 11.1 Å². The van der Waals surface area contributed by atoms with Crippen molar-refractivity contribution in [2.75, 3.05) is 17.7 Å². The third-order valence-electron chi connectivity index (χ3n) is 5.06. The molecule has 1 aromatic carbocycles. The number of esters is 1. The summed E-state index contributed by atoms with van der Waals surface area (Å²) in [5, 5.41) is 10.1. The molecule has 0 spiro atoms. The van der Waals surface area contributed by atoms with E-state index in [1.807, 2.05) is 13.8 Å². The molecule has 9 heteroatoms. The van der Waals surface area contributed by atoms with Gasteiger partial charge in [0.1, 0.15) is 11.4 Å². The lowest BCUT2D eigenvalue weighted by Gasteiger charge is -2.30. The van der Waals surface area contributed by atoms with Crippen molar-refractivity contribution in [3.8, 4) is 11.4 Å². The quantitative estimate of drug-likeness (QED) is 0.567. The van der Waals surface area contributed by atoms with Crippen molar-refractivity contribution in [2.24, 2.45) is 0 Å². The van der Waals surface area contributed by atoms with Crippen LogP contribution in [-0.4, -0.2) is 38.6 Å². The van der Waals surface area contributed by atoms with E-state index in [9.17, 15) is 9.59 Å². The molecule has 1 aliphatic carbocycles. The largest absolute Gasteiger partial charge is 0.462 e. The minimum Gasteiger partial charge on any atom is -0.462 e. The summed E-state index contributed by atoms with van der Waals surface area (Å²) < 4.78 is 4.97. The number of carbonyl (C=O) groups excluding carboxylic acids is 2. The SMILES string of the molecule is CCOC(=O)c1ccc(NC(=O)c2[nH]nc3c2C(C)(C)Cc2cnc(N)nc2-3)cc1. The van der Waals surface area contributed by atoms with E-state index in [1.54, 1.807) is 37.4 Å². The Kier molecular flexibility index (Phi) is 4.73. The van der Waals surface area contributed by atoms with E-state index < -0.39 is 5.97 Å². The number of aromatic nitrogens is 4. The van der Waals surface area contributed by atoms with Gasteiger partial charge in [0.25, 0.3) is 5.91 Å². The number of aromatic amines is 1. The molecule has 4 N–H and O–H groups in total. The molecule has 0 bridgehead atoms. The number of nitrogens with two attached hydrogens (primary N) is 1.